The third-order valence-corrected chi connectivity index (χ3v) is 7.12. The van der Waals surface area contributed by atoms with E-state index in [-0.39, 0.29) is 12.1 Å². The van der Waals surface area contributed by atoms with E-state index < -0.39 is 0 Å². The Labute approximate surface area is 220 Å². The highest BCUT2D eigenvalue weighted by Gasteiger charge is 2.29. The number of fused-ring (bicyclic) bond motifs is 1. The SMILES string of the molecule is COC1=CC(N(CCN(CCCN)C(C)C)C2=CCC3N=CC(c4cnn(C)c4)=NC3=C2)CC(OC)=C1. The van der Waals surface area contributed by atoms with Crippen molar-refractivity contribution in [3.63, 3.8) is 0 Å². The maximum atomic E-state index is 5.82. The lowest BCUT2D eigenvalue weighted by Crippen LogP contribution is -2.43. The van der Waals surface area contributed by atoms with E-state index in [0.29, 0.717) is 12.6 Å². The fourth-order valence-corrected chi connectivity index (χ4v) is 4.96. The molecule has 0 radical (unpaired) electrons. The lowest BCUT2D eigenvalue weighted by atomic mass is 9.98. The van der Waals surface area contributed by atoms with Crippen molar-refractivity contribution in [1.82, 2.24) is 19.6 Å². The Morgan fingerprint density at radius 3 is 2.68 bits per heavy atom. The summed E-state index contributed by atoms with van der Waals surface area (Å²) >= 11 is 0. The fourth-order valence-electron chi connectivity index (χ4n) is 4.96. The van der Waals surface area contributed by atoms with Crippen molar-refractivity contribution in [2.75, 3.05) is 40.4 Å². The summed E-state index contributed by atoms with van der Waals surface area (Å²) in [6, 6.07) is 0.599. The molecule has 2 heterocycles. The van der Waals surface area contributed by atoms with Crippen molar-refractivity contribution < 1.29 is 9.47 Å². The van der Waals surface area contributed by atoms with Crippen LogP contribution in [0.25, 0.3) is 0 Å². The molecule has 4 rings (SSSR count). The molecular weight excluding hydrogens is 466 g/mol. The van der Waals surface area contributed by atoms with E-state index in [4.69, 9.17) is 25.2 Å². The van der Waals surface area contributed by atoms with E-state index >= 15 is 0 Å². The first-order chi connectivity index (χ1) is 17.9. The second-order valence-corrected chi connectivity index (χ2v) is 9.95. The van der Waals surface area contributed by atoms with Crippen LogP contribution in [-0.4, -0.2) is 90.0 Å². The number of aryl methyl sites for hydroxylation is 1. The molecule has 37 heavy (non-hydrogen) atoms. The van der Waals surface area contributed by atoms with Crippen LogP contribution in [0.15, 0.2) is 69.6 Å². The summed E-state index contributed by atoms with van der Waals surface area (Å²) in [4.78, 5) is 14.8. The summed E-state index contributed by atoms with van der Waals surface area (Å²) in [5.74, 6) is 1.74. The molecule has 1 aromatic heterocycles. The summed E-state index contributed by atoms with van der Waals surface area (Å²) in [6.45, 7) is 7.98. The normalized spacial score (nSPS) is 21.1. The van der Waals surface area contributed by atoms with Crippen LogP contribution in [0.5, 0.6) is 0 Å². The molecule has 2 aliphatic carbocycles. The highest BCUT2D eigenvalue weighted by Crippen LogP contribution is 2.31. The number of nitrogens with two attached hydrogens (primary N) is 1. The average molecular weight is 508 g/mol. The average Bonchev–Trinajstić information content (AvgIpc) is 3.35. The molecule has 0 fully saturated rings. The van der Waals surface area contributed by atoms with Gasteiger partial charge < -0.3 is 20.1 Å². The van der Waals surface area contributed by atoms with Gasteiger partial charge >= 0.3 is 0 Å². The minimum atomic E-state index is 0.0496. The van der Waals surface area contributed by atoms with Gasteiger partial charge in [0.15, 0.2) is 0 Å². The van der Waals surface area contributed by atoms with Gasteiger partial charge in [-0.3, -0.25) is 14.6 Å². The lowest BCUT2D eigenvalue weighted by Gasteiger charge is -2.38. The third-order valence-electron chi connectivity index (χ3n) is 7.12. The van der Waals surface area contributed by atoms with Crippen molar-refractivity contribution >= 4 is 11.9 Å². The van der Waals surface area contributed by atoms with Crippen molar-refractivity contribution in [2.45, 2.75) is 51.2 Å². The Hall–Kier alpha value is -3.17. The first-order valence-electron chi connectivity index (χ1n) is 13.2. The highest BCUT2D eigenvalue weighted by molar-refractivity contribution is 6.38. The topological polar surface area (TPSA) is 93.5 Å². The molecule has 3 aliphatic rings. The lowest BCUT2D eigenvalue weighted by molar-refractivity contribution is 0.167. The van der Waals surface area contributed by atoms with E-state index in [2.05, 4.69) is 47.0 Å². The number of aliphatic imine (C=N–C) groups is 2. The second kappa shape index (κ2) is 12.4. The van der Waals surface area contributed by atoms with Gasteiger partial charge in [0.2, 0.25) is 0 Å². The molecule has 2 N–H and O–H groups in total. The van der Waals surface area contributed by atoms with Gasteiger partial charge in [-0.1, -0.05) is 6.08 Å². The summed E-state index contributed by atoms with van der Waals surface area (Å²) in [6.07, 6.45) is 16.9. The minimum Gasteiger partial charge on any atom is -0.501 e. The van der Waals surface area contributed by atoms with Crippen LogP contribution < -0.4 is 5.73 Å². The zero-order valence-corrected chi connectivity index (χ0v) is 22.8. The van der Waals surface area contributed by atoms with Gasteiger partial charge in [0.05, 0.1) is 43.9 Å². The van der Waals surface area contributed by atoms with Gasteiger partial charge in [-0.15, -0.1) is 0 Å². The zero-order chi connectivity index (χ0) is 26.4. The molecule has 0 saturated heterocycles. The molecule has 2 atom stereocenters. The number of hydrogen-bond donors (Lipinski definition) is 1. The molecule has 9 heteroatoms. The standard InChI is InChI=1S/C28H41N7O2/c1-20(2)34(10-6-9-29)11-12-35(23-13-24(36-4)16-25(14-23)37-5)22-7-8-26-27(15-22)32-28(18-30-26)21-17-31-33(3)19-21/h7,13,15-20,23,26H,6,8-12,14,29H2,1-5H3. The largest absolute Gasteiger partial charge is 0.501 e. The molecule has 1 aromatic rings. The van der Waals surface area contributed by atoms with E-state index in [1.165, 1.54) is 0 Å². The van der Waals surface area contributed by atoms with Crippen molar-refractivity contribution in [3.05, 3.63) is 65.2 Å². The number of nitrogens with zero attached hydrogens (tertiary/aromatic N) is 6. The fraction of sp³-hybridized carbons (Fsp3) is 0.536. The Morgan fingerprint density at radius 1 is 1.16 bits per heavy atom. The van der Waals surface area contributed by atoms with Crippen LogP contribution in [0, 0.1) is 0 Å². The maximum Gasteiger partial charge on any atom is 0.120 e. The number of rotatable bonds is 12. The second-order valence-electron chi connectivity index (χ2n) is 9.95. The number of hydrogen-bond acceptors (Lipinski definition) is 8. The molecule has 0 bridgehead atoms. The van der Waals surface area contributed by atoms with Gasteiger partial charge in [-0.25, -0.2) is 4.99 Å². The predicted octanol–water partition coefficient (Wildman–Crippen LogP) is 3.03. The Balaban J connectivity index is 1.62. The van der Waals surface area contributed by atoms with Crippen LogP contribution in [0.1, 0.15) is 38.7 Å². The van der Waals surface area contributed by atoms with Crippen LogP contribution in [0.4, 0.5) is 0 Å². The molecule has 0 spiro atoms. The molecule has 200 valence electrons. The maximum absolute atomic E-state index is 5.82. The molecule has 0 amide bonds. The molecule has 9 nitrogen and oxygen atoms in total. The monoisotopic (exact) mass is 507 g/mol. The zero-order valence-electron chi connectivity index (χ0n) is 22.8. The molecule has 1 aliphatic heterocycles. The smallest absolute Gasteiger partial charge is 0.120 e. The van der Waals surface area contributed by atoms with E-state index in [9.17, 15) is 0 Å². The summed E-state index contributed by atoms with van der Waals surface area (Å²) in [5.41, 5.74) is 9.79. The van der Waals surface area contributed by atoms with Crippen LogP contribution in [-0.2, 0) is 16.5 Å². The Bertz CT molecular complexity index is 1130. The Morgan fingerprint density at radius 2 is 2.00 bits per heavy atom. The van der Waals surface area contributed by atoms with Gasteiger partial charge in [0.1, 0.15) is 11.5 Å². The van der Waals surface area contributed by atoms with Gasteiger partial charge in [0.25, 0.3) is 0 Å². The van der Waals surface area contributed by atoms with Crippen LogP contribution in [0.2, 0.25) is 0 Å². The van der Waals surface area contributed by atoms with Crippen molar-refractivity contribution in [3.8, 4) is 0 Å². The number of allylic oxidation sites excluding steroid dienone is 2. The highest BCUT2D eigenvalue weighted by atomic mass is 16.5. The number of aromatic nitrogens is 2. The van der Waals surface area contributed by atoms with E-state index in [1.807, 2.05) is 31.7 Å². The van der Waals surface area contributed by atoms with E-state index in [0.717, 1.165) is 73.1 Å². The molecular formula is C28H41N7O2. The molecule has 2 unspecified atom stereocenters. The van der Waals surface area contributed by atoms with Crippen LogP contribution >= 0.6 is 0 Å². The minimum absolute atomic E-state index is 0.0496. The third kappa shape index (κ3) is 6.59. The first kappa shape index (κ1) is 26.9. The predicted molar refractivity (Wildman–Crippen MR) is 148 cm³/mol. The van der Waals surface area contributed by atoms with Gasteiger partial charge in [-0.2, -0.15) is 5.10 Å². The van der Waals surface area contributed by atoms with Crippen LogP contribution in [0.3, 0.4) is 0 Å². The van der Waals surface area contributed by atoms with Gasteiger partial charge in [-0.05, 0) is 51.9 Å². The first-order valence-corrected chi connectivity index (χ1v) is 13.2. The van der Waals surface area contributed by atoms with Crippen molar-refractivity contribution in [2.24, 2.45) is 22.8 Å². The van der Waals surface area contributed by atoms with Crippen molar-refractivity contribution in [1.29, 1.82) is 0 Å². The summed E-state index contributed by atoms with van der Waals surface area (Å²) < 4.78 is 13.1. The number of ether oxygens (including phenoxy) is 2. The quantitative estimate of drug-likeness (QED) is 0.468. The summed E-state index contributed by atoms with van der Waals surface area (Å²) in [7, 11) is 5.34. The number of methoxy groups -OCH3 is 2. The summed E-state index contributed by atoms with van der Waals surface area (Å²) in [5, 5.41) is 4.29. The Kier molecular flexibility index (Phi) is 9.00. The molecule has 0 aromatic carbocycles. The molecule has 0 saturated carbocycles. The van der Waals surface area contributed by atoms with E-state index in [1.54, 1.807) is 18.9 Å². The van der Waals surface area contributed by atoms with Gasteiger partial charge in [0, 0.05) is 62.3 Å².